The highest BCUT2D eigenvalue weighted by atomic mass is 16.6. The molecule has 1 saturated heterocycles. The first kappa shape index (κ1) is 25.8. The maximum absolute atomic E-state index is 12.4. The summed E-state index contributed by atoms with van der Waals surface area (Å²) in [6, 6.07) is 1.97. The molecule has 3 rings (SSSR count). The third-order valence-corrected chi connectivity index (χ3v) is 5.78. The monoisotopic (exact) mass is 474 g/mol. The quantitative estimate of drug-likeness (QED) is 0.461. The number of carbonyl (C=O) groups excluding carboxylic acids is 1. The molecule has 0 bridgehead atoms. The molecule has 188 valence electrons. The third kappa shape index (κ3) is 7.35. The molecule has 9 nitrogen and oxygen atoms in total. The first-order valence-electron chi connectivity index (χ1n) is 11.9. The summed E-state index contributed by atoms with van der Waals surface area (Å²) in [5.74, 6) is 0.905. The van der Waals surface area contributed by atoms with Crippen LogP contribution in [0.2, 0.25) is 0 Å². The lowest BCUT2D eigenvalue weighted by Crippen LogP contribution is -2.44. The molecule has 1 unspecified atom stereocenters. The maximum Gasteiger partial charge on any atom is 0.410 e. The van der Waals surface area contributed by atoms with Crippen LogP contribution in [0.5, 0.6) is 5.88 Å². The summed E-state index contributed by atoms with van der Waals surface area (Å²) in [4.78, 5) is 18.5. The van der Waals surface area contributed by atoms with Gasteiger partial charge in [-0.1, -0.05) is 0 Å². The number of nitrogens with zero attached hydrogens (tertiary/aromatic N) is 2. The third-order valence-electron chi connectivity index (χ3n) is 5.78. The minimum Gasteiger partial charge on any atom is -0.481 e. The van der Waals surface area contributed by atoms with E-state index in [2.05, 4.69) is 10.3 Å². The number of likely N-dealkylation sites (tertiary alicyclic amines) is 1. The second-order valence-electron chi connectivity index (χ2n) is 9.82. The lowest BCUT2D eigenvalue weighted by Gasteiger charge is -2.34. The van der Waals surface area contributed by atoms with Crippen LogP contribution in [-0.4, -0.2) is 67.5 Å². The topological polar surface area (TPSA) is 106 Å². The van der Waals surface area contributed by atoms with Crippen LogP contribution in [0.4, 0.5) is 10.5 Å². The molecule has 1 aromatic rings. The fourth-order valence-corrected chi connectivity index (χ4v) is 4.14. The number of aromatic nitrogens is 1. The summed E-state index contributed by atoms with van der Waals surface area (Å²) in [6.45, 7) is 10.3. The Morgan fingerprint density at radius 3 is 2.79 bits per heavy atom. The summed E-state index contributed by atoms with van der Waals surface area (Å²) in [7, 11) is 1.60. The molecule has 0 spiro atoms. The van der Waals surface area contributed by atoms with Crippen molar-refractivity contribution in [3.63, 3.8) is 0 Å². The molecule has 2 aliphatic heterocycles. The molecule has 0 aliphatic carbocycles. The van der Waals surface area contributed by atoms with Gasteiger partial charge < -0.3 is 29.2 Å². The van der Waals surface area contributed by atoms with Crippen molar-refractivity contribution in [1.29, 1.82) is 5.41 Å². The Labute approximate surface area is 202 Å². The van der Waals surface area contributed by atoms with Crippen molar-refractivity contribution in [3.05, 3.63) is 29.1 Å². The Balaban J connectivity index is 1.63. The van der Waals surface area contributed by atoms with Gasteiger partial charge in [0.05, 0.1) is 38.8 Å². The molecule has 2 aliphatic rings. The van der Waals surface area contributed by atoms with Gasteiger partial charge in [0.15, 0.2) is 0 Å². The van der Waals surface area contributed by atoms with Crippen molar-refractivity contribution in [2.45, 2.75) is 59.0 Å². The van der Waals surface area contributed by atoms with Gasteiger partial charge in [-0.3, -0.25) is 5.41 Å². The fourth-order valence-electron chi connectivity index (χ4n) is 4.14. The number of amides is 1. The molecular formula is C25H38N4O5. The minimum absolute atomic E-state index is 0.153. The number of nitrogens with one attached hydrogen (secondary N) is 2. The molecule has 0 radical (unpaired) electrons. The van der Waals surface area contributed by atoms with E-state index in [9.17, 15) is 4.79 Å². The average Bonchev–Trinajstić information content (AvgIpc) is 3.02. The average molecular weight is 475 g/mol. The predicted octanol–water partition coefficient (Wildman–Crippen LogP) is 4.52. The molecule has 0 aromatic carbocycles. The van der Waals surface area contributed by atoms with E-state index in [0.29, 0.717) is 51.6 Å². The van der Waals surface area contributed by atoms with Gasteiger partial charge in [0.2, 0.25) is 11.8 Å². The SMILES string of the molecule is COc1ncc(NC2=C(C(=N)OCC3CCCN(C(=O)OC(C)(C)C)C3)CCOCC2)cc1C. The first-order valence-corrected chi connectivity index (χ1v) is 11.9. The number of hydrogen-bond donors (Lipinski definition) is 2. The lowest BCUT2D eigenvalue weighted by molar-refractivity contribution is 0.0135. The molecule has 1 atom stereocenters. The van der Waals surface area contributed by atoms with Gasteiger partial charge in [0, 0.05) is 48.7 Å². The van der Waals surface area contributed by atoms with Crippen molar-refractivity contribution in [1.82, 2.24) is 9.88 Å². The minimum atomic E-state index is -0.516. The normalized spacial score (nSPS) is 19.3. The lowest BCUT2D eigenvalue weighted by atomic mass is 9.99. The van der Waals surface area contributed by atoms with Crippen molar-refractivity contribution < 1.29 is 23.7 Å². The van der Waals surface area contributed by atoms with Crippen LogP contribution in [-0.2, 0) is 14.2 Å². The zero-order valence-corrected chi connectivity index (χ0v) is 21.0. The number of piperidine rings is 1. The van der Waals surface area contributed by atoms with Gasteiger partial charge in [-0.05, 0) is 46.6 Å². The van der Waals surface area contributed by atoms with E-state index in [1.54, 1.807) is 18.2 Å². The van der Waals surface area contributed by atoms with E-state index in [0.717, 1.165) is 35.4 Å². The number of pyridine rings is 1. The van der Waals surface area contributed by atoms with E-state index in [1.165, 1.54) is 0 Å². The molecule has 1 aromatic heterocycles. The highest BCUT2D eigenvalue weighted by Crippen LogP contribution is 2.25. The van der Waals surface area contributed by atoms with Gasteiger partial charge in [0.1, 0.15) is 5.60 Å². The van der Waals surface area contributed by atoms with Gasteiger partial charge >= 0.3 is 6.09 Å². The molecule has 1 amide bonds. The van der Waals surface area contributed by atoms with Crippen molar-refractivity contribution in [2.75, 3.05) is 45.3 Å². The van der Waals surface area contributed by atoms with Gasteiger partial charge in [-0.2, -0.15) is 0 Å². The van der Waals surface area contributed by atoms with Crippen LogP contribution in [0.15, 0.2) is 23.5 Å². The molecule has 2 N–H and O–H groups in total. The van der Waals surface area contributed by atoms with E-state index in [4.69, 9.17) is 24.4 Å². The molecule has 3 heterocycles. The van der Waals surface area contributed by atoms with Gasteiger partial charge in [-0.15, -0.1) is 0 Å². The standard InChI is InChI=1S/C25H38N4O5/c1-17-13-19(14-27-23(17)31-5)28-21-9-12-32-11-8-20(21)22(26)33-16-18-7-6-10-29(15-18)24(30)34-25(2,3)4/h13-14,18,26,28H,6-12,15-16H2,1-5H3. The molecule has 9 heteroatoms. The number of rotatable bonds is 6. The van der Waals surface area contributed by atoms with Crippen LogP contribution in [0.3, 0.4) is 0 Å². The Morgan fingerprint density at radius 1 is 1.32 bits per heavy atom. The van der Waals surface area contributed by atoms with E-state index in [1.807, 2.05) is 33.8 Å². The summed E-state index contributed by atoms with van der Waals surface area (Å²) in [6.07, 6.45) is 4.54. The number of aryl methyl sites for hydroxylation is 1. The number of methoxy groups -OCH3 is 1. The largest absolute Gasteiger partial charge is 0.481 e. The molecule has 34 heavy (non-hydrogen) atoms. The number of hydrogen-bond acceptors (Lipinski definition) is 8. The molecule has 0 saturated carbocycles. The molecular weight excluding hydrogens is 436 g/mol. The Morgan fingerprint density at radius 2 is 2.09 bits per heavy atom. The van der Waals surface area contributed by atoms with Crippen molar-refractivity contribution >= 4 is 17.7 Å². The van der Waals surface area contributed by atoms with Gasteiger partial charge in [0.25, 0.3) is 0 Å². The summed E-state index contributed by atoms with van der Waals surface area (Å²) >= 11 is 0. The summed E-state index contributed by atoms with van der Waals surface area (Å²) < 4.78 is 22.4. The highest BCUT2D eigenvalue weighted by molar-refractivity contribution is 5.92. The van der Waals surface area contributed by atoms with Crippen molar-refractivity contribution in [3.8, 4) is 5.88 Å². The molecule has 1 fully saturated rings. The van der Waals surface area contributed by atoms with Crippen LogP contribution < -0.4 is 10.1 Å². The van der Waals surface area contributed by atoms with Crippen LogP contribution in [0, 0.1) is 18.3 Å². The maximum atomic E-state index is 12.4. The Kier molecular flexibility index (Phi) is 8.77. The fraction of sp³-hybridized carbons (Fsp3) is 0.640. The van der Waals surface area contributed by atoms with Crippen LogP contribution >= 0.6 is 0 Å². The zero-order valence-electron chi connectivity index (χ0n) is 21.0. The Hall–Kier alpha value is -2.81. The Bertz CT molecular complexity index is 909. The van der Waals surface area contributed by atoms with E-state index in [-0.39, 0.29) is 17.9 Å². The van der Waals surface area contributed by atoms with E-state index < -0.39 is 5.60 Å². The van der Waals surface area contributed by atoms with Crippen molar-refractivity contribution in [2.24, 2.45) is 5.92 Å². The van der Waals surface area contributed by atoms with E-state index >= 15 is 0 Å². The zero-order chi connectivity index (χ0) is 24.7. The number of ether oxygens (including phenoxy) is 4. The second-order valence-corrected chi connectivity index (χ2v) is 9.82. The van der Waals surface area contributed by atoms with Crippen LogP contribution in [0.1, 0.15) is 52.0 Å². The van der Waals surface area contributed by atoms with Gasteiger partial charge in [-0.25, -0.2) is 9.78 Å². The smallest absolute Gasteiger partial charge is 0.410 e. The number of carbonyl (C=O) groups is 1. The van der Waals surface area contributed by atoms with Crippen LogP contribution in [0.25, 0.3) is 0 Å². The highest BCUT2D eigenvalue weighted by Gasteiger charge is 2.28. The predicted molar refractivity (Wildman–Crippen MR) is 130 cm³/mol. The summed E-state index contributed by atoms with van der Waals surface area (Å²) in [5, 5.41) is 12.1. The second kappa shape index (κ2) is 11.6. The summed E-state index contributed by atoms with van der Waals surface area (Å²) in [5.41, 5.74) is 2.97. The number of anilines is 1. The first-order chi connectivity index (χ1) is 16.2.